The number of carbonyl (C=O) groups excluding carboxylic acids is 1. The quantitative estimate of drug-likeness (QED) is 0.703. The number of aryl methyl sites for hydroxylation is 1. The molecule has 14 heavy (non-hydrogen) atoms. The Morgan fingerprint density at radius 1 is 1.71 bits per heavy atom. The van der Waals surface area contributed by atoms with Gasteiger partial charge in [0.15, 0.2) is 6.29 Å². The van der Waals surface area contributed by atoms with E-state index in [9.17, 15) is 4.79 Å². The summed E-state index contributed by atoms with van der Waals surface area (Å²) in [5.41, 5.74) is 1.16. The highest BCUT2D eigenvalue weighted by atomic mass is 35.5. The van der Waals surface area contributed by atoms with Gasteiger partial charge in [0.25, 0.3) is 0 Å². The fraction of sp³-hybridized carbons (Fsp3) is 0.556. The minimum Gasteiger partial charge on any atom is -0.379 e. The lowest BCUT2D eigenvalue weighted by Gasteiger charge is -2.08. The molecule has 1 atom stereocenters. The highest BCUT2D eigenvalue weighted by Gasteiger charge is 2.23. The predicted octanol–water partition coefficient (Wildman–Crippen LogP) is 1.62. The van der Waals surface area contributed by atoms with Crippen LogP contribution in [0.5, 0.6) is 0 Å². The van der Waals surface area contributed by atoms with Gasteiger partial charge in [-0.25, -0.2) is 4.68 Å². The summed E-state index contributed by atoms with van der Waals surface area (Å²) in [6, 6.07) is 0.176. The molecule has 5 heteroatoms. The molecule has 1 fully saturated rings. The molecule has 0 saturated carbocycles. The zero-order chi connectivity index (χ0) is 10.1. The van der Waals surface area contributed by atoms with Crippen molar-refractivity contribution in [1.82, 2.24) is 9.78 Å². The number of nitrogens with zero attached hydrogens (tertiary/aromatic N) is 2. The van der Waals surface area contributed by atoms with Gasteiger partial charge in [-0.3, -0.25) is 4.79 Å². The topological polar surface area (TPSA) is 44.1 Å². The fourth-order valence-electron chi connectivity index (χ4n) is 1.62. The van der Waals surface area contributed by atoms with Gasteiger partial charge in [-0.05, 0) is 13.3 Å². The van der Waals surface area contributed by atoms with Crippen LogP contribution in [0.2, 0.25) is 5.15 Å². The number of aldehydes is 1. The molecule has 0 radical (unpaired) electrons. The van der Waals surface area contributed by atoms with Crippen LogP contribution in [0.1, 0.15) is 28.5 Å². The van der Waals surface area contributed by atoms with Crippen LogP contribution in [0.4, 0.5) is 0 Å². The number of hydrogen-bond acceptors (Lipinski definition) is 3. The Balaban J connectivity index is 2.38. The van der Waals surface area contributed by atoms with Crippen molar-refractivity contribution in [3.05, 3.63) is 16.4 Å². The molecule has 1 saturated heterocycles. The molecule has 1 aromatic heterocycles. The molecule has 1 aromatic rings. The Kier molecular flexibility index (Phi) is 2.56. The molecule has 1 aliphatic heterocycles. The Labute approximate surface area is 86.8 Å². The van der Waals surface area contributed by atoms with Gasteiger partial charge in [0.2, 0.25) is 0 Å². The molecule has 1 unspecified atom stereocenters. The summed E-state index contributed by atoms with van der Waals surface area (Å²) in [7, 11) is 0. The molecule has 0 spiro atoms. The van der Waals surface area contributed by atoms with E-state index in [0.29, 0.717) is 23.0 Å². The summed E-state index contributed by atoms with van der Waals surface area (Å²) >= 11 is 6.02. The maximum absolute atomic E-state index is 10.7. The third-order valence-electron chi connectivity index (χ3n) is 2.44. The lowest BCUT2D eigenvalue weighted by molar-refractivity contribution is 0.112. The van der Waals surface area contributed by atoms with E-state index in [-0.39, 0.29) is 6.04 Å². The van der Waals surface area contributed by atoms with E-state index < -0.39 is 0 Å². The molecule has 0 aliphatic carbocycles. The normalized spacial score (nSPS) is 21.4. The van der Waals surface area contributed by atoms with Gasteiger partial charge < -0.3 is 4.74 Å². The van der Waals surface area contributed by atoms with Crippen molar-refractivity contribution < 1.29 is 9.53 Å². The van der Waals surface area contributed by atoms with E-state index in [1.165, 1.54) is 0 Å². The number of rotatable bonds is 2. The maximum atomic E-state index is 10.7. The van der Waals surface area contributed by atoms with E-state index >= 15 is 0 Å². The SMILES string of the molecule is Cc1nn(C2CCOC2)c(Cl)c1C=O. The lowest BCUT2D eigenvalue weighted by atomic mass is 10.2. The highest BCUT2D eigenvalue weighted by Crippen LogP contribution is 2.26. The van der Waals surface area contributed by atoms with Gasteiger partial charge in [-0.2, -0.15) is 5.10 Å². The van der Waals surface area contributed by atoms with Crippen molar-refractivity contribution in [3.63, 3.8) is 0 Å². The van der Waals surface area contributed by atoms with Gasteiger partial charge in [-0.15, -0.1) is 0 Å². The number of carbonyl (C=O) groups is 1. The van der Waals surface area contributed by atoms with E-state index in [0.717, 1.165) is 19.3 Å². The standard InChI is InChI=1S/C9H11ClN2O2/c1-6-8(4-13)9(10)12(11-6)7-2-3-14-5-7/h4,7H,2-3,5H2,1H3. The van der Waals surface area contributed by atoms with Gasteiger partial charge in [0.05, 0.1) is 23.9 Å². The van der Waals surface area contributed by atoms with Crippen molar-refractivity contribution >= 4 is 17.9 Å². The Hall–Kier alpha value is -0.870. The van der Waals surface area contributed by atoms with Gasteiger partial charge in [-0.1, -0.05) is 11.6 Å². The second-order valence-electron chi connectivity index (χ2n) is 3.37. The van der Waals surface area contributed by atoms with Crippen LogP contribution < -0.4 is 0 Å². The number of aromatic nitrogens is 2. The van der Waals surface area contributed by atoms with Crippen LogP contribution in [-0.2, 0) is 4.74 Å². The van der Waals surface area contributed by atoms with E-state index in [1.54, 1.807) is 11.6 Å². The molecule has 2 rings (SSSR count). The van der Waals surface area contributed by atoms with E-state index in [1.807, 2.05) is 0 Å². The molecular formula is C9H11ClN2O2. The van der Waals surface area contributed by atoms with Crippen LogP contribution in [0.15, 0.2) is 0 Å². The van der Waals surface area contributed by atoms with E-state index in [2.05, 4.69) is 5.10 Å². The summed E-state index contributed by atoms with van der Waals surface area (Å²) in [4.78, 5) is 10.7. The fourth-order valence-corrected chi connectivity index (χ4v) is 1.98. The summed E-state index contributed by atoms with van der Waals surface area (Å²) < 4.78 is 6.93. The van der Waals surface area contributed by atoms with Crippen molar-refractivity contribution in [2.24, 2.45) is 0 Å². The van der Waals surface area contributed by atoms with Gasteiger partial charge in [0.1, 0.15) is 5.15 Å². The second-order valence-corrected chi connectivity index (χ2v) is 3.73. The molecule has 0 aromatic carbocycles. The summed E-state index contributed by atoms with van der Waals surface area (Å²) in [6.45, 7) is 3.14. The van der Waals surface area contributed by atoms with Crippen LogP contribution in [0, 0.1) is 6.92 Å². The first-order chi connectivity index (χ1) is 6.74. The predicted molar refractivity (Wildman–Crippen MR) is 51.8 cm³/mol. The molecule has 0 N–H and O–H groups in total. The van der Waals surface area contributed by atoms with Crippen LogP contribution in [0.3, 0.4) is 0 Å². The van der Waals surface area contributed by atoms with Gasteiger partial charge >= 0.3 is 0 Å². The Morgan fingerprint density at radius 3 is 3.00 bits per heavy atom. The Bertz CT molecular complexity index is 356. The first kappa shape index (κ1) is 9.68. The molecule has 4 nitrogen and oxygen atoms in total. The zero-order valence-electron chi connectivity index (χ0n) is 7.86. The zero-order valence-corrected chi connectivity index (χ0v) is 8.62. The minimum absolute atomic E-state index is 0.176. The van der Waals surface area contributed by atoms with E-state index in [4.69, 9.17) is 16.3 Å². The number of halogens is 1. The summed E-state index contributed by atoms with van der Waals surface area (Å²) in [5.74, 6) is 0. The minimum atomic E-state index is 0.176. The van der Waals surface area contributed by atoms with Crippen molar-refractivity contribution in [1.29, 1.82) is 0 Å². The first-order valence-corrected chi connectivity index (χ1v) is 4.89. The largest absolute Gasteiger partial charge is 0.379 e. The Morgan fingerprint density at radius 2 is 2.50 bits per heavy atom. The number of hydrogen-bond donors (Lipinski definition) is 0. The third kappa shape index (κ3) is 1.44. The van der Waals surface area contributed by atoms with Crippen molar-refractivity contribution in [2.75, 3.05) is 13.2 Å². The third-order valence-corrected chi connectivity index (χ3v) is 2.82. The summed E-state index contributed by atoms with van der Waals surface area (Å²) in [6.07, 6.45) is 1.65. The lowest BCUT2D eigenvalue weighted by Crippen LogP contribution is -2.10. The second kappa shape index (κ2) is 3.71. The molecule has 0 amide bonds. The van der Waals surface area contributed by atoms with Crippen molar-refractivity contribution in [2.45, 2.75) is 19.4 Å². The average molecular weight is 215 g/mol. The van der Waals surface area contributed by atoms with Gasteiger partial charge in [0, 0.05) is 6.61 Å². The number of ether oxygens (including phenoxy) is 1. The first-order valence-electron chi connectivity index (χ1n) is 4.51. The molecule has 0 bridgehead atoms. The highest BCUT2D eigenvalue weighted by molar-refractivity contribution is 6.32. The average Bonchev–Trinajstić information content (AvgIpc) is 2.74. The van der Waals surface area contributed by atoms with Crippen LogP contribution in [0.25, 0.3) is 0 Å². The van der Waals surface area contributed by atoms with Crippen molar-refractivity contribution in [3.8, 4) is 0 Å². The summed E-state index contributed by atoms with van der Waals surface area (Å²) in [5, 5.41) is 4.66. The van der Waals surface area contributed by atoms with Crippen LogP contribution >= 0.6 is 11.6 Å². The monoisotopic (exact) mass is 214 g/mol. The van der Waals surface area contributed by atoms with Crippen LogP contribution in [-0.4, -0.2) is 29.3 Å². The smallest absolute Gasteiger partial charge is 0.155 e. The molecule has 1 aliphatic rings. The molecular weight excluding hydrogens is 204 g/mol. The molecule has 2 heterocycles. The molecule has 76 valence electrons. The maximum Gasteiger partial charge on any atom is 0.155 e.